The summed E-state index contributed by atoms with van der Waals surface area (Å²) in [6.45, 7) is 2.34. The smallest absolute Gasteiger partial charge is 0.247 e. The van der Waals surface area contributed by atoms with Crippen molar-refractivity contribution in [1.82, 2.24) is 4.31 Å². The fraction of sp³-hybridized carbons (Fsp3) is 0.556. The first kappa shape index (κ1) is 15.2. The van der Waals surface area contributed by atoms with Crippen LogP contribution in [0, 0.1) is 0 Å². The van der Waals surface area contributed by atoms with E-state index in [0.717, 1.165) is 25.7 Å². The van der Waals surface area contributed by atoms with Crippen molar-refractivity contribution in [3.63, 3.8) is 0 Å². The zero-order valence-corrected chi connectivity index (χ0v) is 14.3. The summed E-state index contributed by atoms with van der Waals surface area (Å²) in [5, 5.41) is 0. The molecule has 0 spiro atoms. The van der Waals surface area contributed by atoms with Crippen LogP contribution in [0.2, 0.25) is 0 Å². The second-order valence-corrected chi connectivity index (χ2v) is 8.53. The lowest BCUT2D eigenvalue weighted by atomic mass is 9.98. The number of fused-ring (bicyclic) bond motifs is 2. The molecule has 1 aromatic carbocycles. The molecule has 2 heterocycles. The molecule has 3 fully saturated rings. The Balaban J connectivity index is 1.69. The summed E-state index contributed by atoms with van der Waals surface area (Å²) in [6.07, 6.45) is 6.29. The average molecular weight is 333 g/mol. The topological polar surface area (TPSA) is 46.6 Å². The van der Waals surface area contributed by atoms with Gasteiger partial charge in [0.2, 0.25) is 10.0 Å². The summed E-state index contributed by atoms with van der Waals surface area (Å²) in [4.78, 5) is 0.321. The van der Waals surface area contributed by atoms with E-state index < -0.39 is 10.0 Å². The number of nitrogens with zero attached hydrogens (tertiary/aromatic N) is 1. The monoisotopic (exact) mass is 333 g/mol. The van der Waals surface area contributed by atoms with Gasteiger partial charge in [-0.15, -0.1) is 0 Å². The van der Waals surface area contributed by atoms with Crippen molar-refractivity contribution < 1.29 is 13.2 Å². The van der Waals surface area contributed by atoms with Crippen molar-refractivity contribution >= 4 is 10.0 Å². The summed E-state index contributed by atoms with van der Waals surface area (Å²) in [5.74, 6) is 0.473. The van der Waals surface area contributed by atoms with Crippen molar-refractivity contribution in [2.75, 3.05) is 6.61 Å². The lowest BCUT2D eigenvalue weighted by Gasteiger charge is -2.35. The molecular formula is C18H23NO3S. The molecule has 2 saturated heterocycles. The molecule has 1 aliphatic carbocycles. The predicted octanol–water partition coefficient (Wildman–Crippen LogP) is 3.49. The quantitative estimate of drug-likeness (QED) is 0.792. The molecule has 4 rings (SSSR count). The molecule has 0 amide bonds. The third-order valence-corrected chi connectivity index (χ3v) is 7.27. The number of para-hydroxylation sites is 1. The van der Waals surface area contributed by atoms with E-state index in [2.05, 4.69) is 0 Å². The Bertz CT molecular complexity index is 731. The molecule has 0 N–H and O–H groups in total. The molecule has 2 bridgehead atoms. The van der Waals surface area contributed by atoms with Crippen molar-refractivity contribution in [1.29, 1.82) is 0 Å². The van der Waals surface area contributed by atoms with Gasteiger partial charge in [-0.3, -0.25) is 0 Å². The molecule has 2 unspecified atom stereocenters. The van der Waals surface area contributed by atoms with Gasteiger partial charge in [0.15, 0.2) is 0 Å². The van der Waals surface area contributed by atoms with Crippen molar-refractivity contribution in [2.24, 2.45) is 0 Å². The minimum absolute atomic E-state index is 0.136. The van der Waals surface area contributed by atoms with Crippen LogP contribution in [0.3, 0.4) is 0 Å². The van der Waals surface area contributed by atoms with Crippen LogP contribution in [-0.2, 0) is 10.0 Å². The van der Waals surface area contributed by atoms with Crippen molar-refractivity contribution in [3.05, 3.63) is 35.4 Å². The molecule has 2 aliphatic heterocycles. The second kappa shape index (κ2) is 5.64. The van der Waals surface area contributed by atoms with E-state index in [9.17, 15) is 8.42 Å². The Morgan fingerprint density at radius 1 is 1.09 bits per heavy atom. The van der Waals surface area contributed by atoms with E-state index in [1.54, 1.807) is 33.7 Å². The SMILES string of the molecule is CCOc1ccccc1S(=O)(=O)N1C2CCC1CC(=C1CC1)C2. The molecule has 1 saturated carbocycles. The number of hydrogen-bond acceptors (Lipinski definition) is 3. The maximum Gasteiger partial charge on any atom is 0.247 e. The van der Waals surface area contributed by atoms with Crippen LogP contribution in [0.4, 0.5) is 0 Å². The van der Waals surface area contributed by atoms with Crippen LogP contribution < -0.4 is 4.74 Å². The van der Waals surface area contributed by atoms with Gasteiger partial charge in [-0.05, 0) is 57.6 Å². The van der Waals surface area contributed by atoms with E-state index in [0.29, 0.717) is 17.3 Å². The van der Waals surface area contributed by atoms with E-state index in [1.165, 1.54) is 12.8 Å². The number of piperidine rings is 1. The van der Waals surface area contributed by atoms with Gasteiger partial charge in [-0.1, -0.05) is 23.3 Å². The Hall–Kier alpha value is -1.33. The Morgan fingerprint density at radius 2 is 1.74 bits per heavy atom. The minimum atomic E-state index is -3.49. The lowest BCUT2D eigenvalue weighted by molar-refractivity contribution is 0.281. The number of ether oxygens (including phenoxy) is 1. The zero-order chi connectivity index (χ0) is 16.0. The molecule has 4 nitrogen and oxygen atoms in total. The van der Waals surface area contributed by atoms with Gasteiger partial charge >= 0.3 is 0 Å². The van der Waals surface area contributed by atoms with Crippen LogP contribution in [0.15, 0.2) is 40.3 Å². The largest absolute Gasteiger partial charge is 0.492 e. The normalized spacial score (nSPS) is 27.3. The van der Waals surface area contributed by atoms with Gasteiger partial charge in [0.1, 0.15) is 10.6 Å². The van der Waals surface area contributed by atoms with Crippen molar-refractivity contribution in [2.45, 2.75) is 62.4 Å². The van der Waals surface area contributed by atoms with Crippen LogP contribution in [-0.4, -0.2) is 31.4 Å². The summed E-state index contributed by atoms with van der Waals surface area (Å²) in [7, 11) is -3.49. The molecule has 23 heavy (non-hydrogen) atoms. The number of benzene rings is 1. The summed E-state index contributed by atoms with van der Waals surface area (Å²) in [6, 6.07) is 7.30. The maximum atomic E-state index is 13.3. The van der Waals surface area contributed by atoms with Gasteiger partial charge in [0, 0.05) is 12.1 Å². The van der Waals surface area contributed by atoms with Crippen molar-refractivity contribution in [3.8, 4) is 5.75 Å². The highest BCUT2D eigenvalue weighted by atomic mass is 32.2. The standard InChI is InChI=1S/C18H23NO3S/c1-2-22-17-5-3-4-6-18(17)23(20,21)19-15-9-10-16(19)12-14(11-15)13-7-8-13/h3-6,15-16H,2,7-12H2,1H3. The molecule has 2 atom stereocenters. The van der Waals surface area contributed by atoms with Crippen LogP contribution >= 0.6 is 0 Å². The van der Waals surface area contributed by atoms with Crippen LogP contribution in [0.25, 0.3) is 0 Å². The predicted molar refractivity (Wildman–Crippen MR) is 88.9 cm³/mol. The number of allylic oxidation sites excluding steroid dienone is 1. The fourth-order valence-electron chi connectivity index (χ4n) is 4.12. The summed E-state index contributed by atoms with van der Waals surface area (Å²) >= 11 is 0. The Kier molecular flexibility index (Phi) is 3.73. The van der Waals surface area contributed by atoms with Gasteiger partial charge in [-0.25, -0.2) is 8.42 Å². The lowest BCUT2D eigenvalue weighted by Crippen LogP contribution is -2.44. The van der Waals surface area contributed by atoms with Gasteiger partial charge < -0.3 is 4.74 Å². The first-order valence-electron chi connectivity index (χ1n) is 8.56. The summed E-state index contributed by atoms with van der Waals surface area (Å²) < 4.78 is 33.9. The molecule has 0 radical (unpaired) electrons. The summed E-state index contributed by atoms with van der Waals surface area (Å²) in [5.41, 5.74) is 3.13. The highest BCUT2D eigenvalue weighted by Crippen LogP contribution is 2.47. The van der Waals surface area contributed by atoms with E-state index >= 15 is 0 Å². The fourth-order valence-corrected chi connectivity index (χ4v) is 6.13. The molecule has 5 heteroatoms. The first-order valence-corrected chi connectivity index (χ1v) is 10.0. The van der Waals surface area contributed by atoms with Gasteiger partial charge in [0.05, 0.1) is 6.61 Å². The maximum absolute atomic E-state index is 13.3. The van der Waals surface area contributed by atoms with Crippen LogP contribution in [0.5, 0.6) is 5.75 Å². The molecule has 1 aromatic rings. The molecule has 124 valence electrons. The minimum Gasteiger partial charge on any atom is -0.492 e. The Morgan fingerprint density at radius 3 is 2.35 bits per heavy atom. The highest BCUT2D eigenvalue weighted by Gasteiger charge is 2.47. The zero-order valence-electron chi connectivity index (χ0n) is 13.5. The first-order chi connectivity index (χ1) is 11.1. The molecular weight excluding hydrogens is 310 g/mol. The van der Waals surface area contributed by atoms with Gasteiger partial charge in [0.25, 0.3) is 0 Å². The third kappa shape index (κ3) is 2.60. The second-order valence-electron chi connectivity index (χ2n) is 6.72. The van der Waals surface area contributed by atoms with E-state index in [1.807, 2.05) is 13.0 Å². The molecule has 3 aliphatic rings. The third-order valence-electron chi connectivity index (χ3n) is 5.22. The van der Waals surface area contributed by atoms with Gasteiger partial charge in [-0.2, -0.15) is 4.31 Å². The number of sulfonamides is 1. The van der Waals surface area contributed by atoms with Crippen LogP contribution in [0.1, 0.15) is 45.4 Å². The van der Waals surface area contributed by atoms with E-state index in [4.69, 9.17) is 4.74 Å². The number of hydrogen-bond donors (Lipinski definition) is 0. The Labute approximate surface area is 138 Å². The highest BCUT2D eigenvalue weighted by molar-refractivity contribution is 7.89. The van der Waals surface area contributed by atoms with E-state index in [-0.39, 0.29) is 12.1 Å². The average Bonchev–Trinajstić information content (AvgIpc) is 3.34. The number of rotatable bonds is 4. The molecule has 0 aromatic heterocycles.